The summed E-state index contributed by atoms with van der Waals surface area (Å²) in [6.07, 6.45) is 0.0916. The maximum atomic E-state index is 12.3. The van der Waals surface area contributed by atoms with E-state index in [0.717, 1.165) is 4.47 Å². The van der Waals surface area contributed by atoms with Gasteiger partial charge in [-0.2, -0.15) is 0 Å². The molecule has 0 aromatic heterocycles. The molecule has 1 saturated heterocycles. The third-order valence-electron chi connectivity index (χ3n) is 3.14. The van der Waals surface area contributed by atoms with E-state index in [9.17, 15) is 14.4 Å². The molecule has 0 bridgehead atoms. The Bertz CT molecular complexity index is 559. The van der Waals surface area contributed by atoms with Gasteiger partial charge in [-0.15, -0.1) is 0 Å². The van der Waals surface area contributed by atoms with Crippen molar-refractivity contribution in [1.82, 2.24) is 0 Å². The van der Waals surface area contributed by atoms with Gasteiger partial charge in [0.05, 0.1) is 18.7 Å². The number of amides is 2. The molecule has 2 amide bonds. The smallest absolute Gasteiger partial charge is 0.361 e. The summed E-state index contributed by atoms with van der Waals surface area (Å²) in [5.74, 6) is -0.945. The van der Waals surface area contributed by atoms with Crippen molar-refractivity contribution in [1.29, 1.82) is 0 Å². The highest BCUT2D eigenvalue weighted by Crippen LogP contribution is 2.23. The van der Waals surface area contributed by atoms with Crippen LogP contribution in [0.4, 0.5) is 5.69 Å². The highest BCUT2D eigenvalue weighted by atomic mass is 79.9. The van der Waals surface area contributed by atoms with Crippen LogP contribution in [-0.4, -0.2) is 37.0 Å². The lowest BCUT2D eigenvalue weighted by atomic mass is 10.2. The zero-order valence-electron chi connectivity index (χ0n) is 11.5. The summed E-state index contributed by atoms with van der Waals surface area (Å²) in [5.41, 5.74) is 0.542. The van der Waals surface area contributed by atoms with Crippen LogP contribution in [0.1, 0.15) is 13.3 Å². The molecule has 1 atom stereocenters. The Balaban J connectivity index is 2.03. The zero-order valence-corrected chi connectivity index (χ0v) is 13.1. The molecule has 1 aromatic carbocycles. The number of esters is 1. The van der Waals surface area contributed by atoms with Crippen molar-refractivity contribution in [3.63, 3.8) is 0 Å². The first-order valence-electron chi connectivity index (χ1n) is 6.64. The van der Waals surface area contributed by atoms with Crippen LogP contribution in [0.2, 0.25) is 0 Å². The molecule has 0 spiro atoms. The van der Waals surface area contributed by atoms with Crippen molar-refractivity contribution in [2.45, 2.75) is 19.4 Å². The van der Waals surface area contributed by atoms with Gasteiger partial charge in [-0.25, -0.2) is 9.69 Å². The predicted octanol–water partition coefficient (Wildman–Crippen LogP) is 0.208. The van der Waals surface area contributed by atoms with Gasteiger partial charge < -0.3 is 10.1 Å². The van der Waals surface area contributed by atoms with Crippen LogP contribution in [0.3, 0.4) is 0 Å². The van der Waals surface area contributed by atoms with Crippen LogP contribution < -0.4 is 10.2 Å². The summed E-state index contributed by atoms with van der Waals surface area (Å²) in [4.78, 5) is 36.8. The maximum absolute atomic E-state index is 12.3. The van der Waals surface area contributed by atoms with Crippen LogP contribution in [0.15, 0.2) is 28.7 Å². The number of quaternary nitrogens is 1. The van der Waals surface area contributed by atoms with Crippen molar-refractivity contribution in [2.75, 3.05) is 18.1 Å². The average molecular weight is 356 g/mol. The van der Waals surface area contributed by atoms with Gasteiger partial charge in [0.15, 0.2) is 12.6 Å². The minimum Gasteiger partial charge on any atom is -0.462 e. The van der Waals surface area contributed by atoms with Gasteiger partial charge in [-0.05, 0) is 31.2 Å². The molecule has 21 heavy (non-hydrogen) atoms. The van der Waals surface area contributed by atoms with Gasteiger partial charge >= 0.3 is 5.97 Å². The van der Waals surface area contributed by atoms with Gasteiger partial charge in [0.1, 0.15) is 0 Å². The fraction of sp³-hybridized carbons (Fsp3) is 0.357. The Hall–Kier alpha value is -1.73. The number of imide groups is 1. The molecule has 0 unspecified atom stereocenters. The van der Waals surface area contributed by atoms with Crippen LogP contribution in [0.5, 0.6) is 0 Å². The maximum Gasteiger partial charge on any atom is 0.361 e. The minimum absolute atomic E-state index is 0.0334. The molecule has 6 nitrogen and oxygen atoms in total. The molecular weight excluding hydrogens is 340 g/mol. The standard InChI is InChI=1S/C14H15BrN2O4/c1-2-21-13(19)8-16-11-7-12(18)17(14(11)20)10-5-3-9(15)4-6-10/h3-6,11,16H,2,7-8H2,1H3/p+1/t11-/m1/s1. The normalized spacial score (nSPS) is 18.2. The molecule has 0 saturated carbocycles. The summed E-state index contributed by atoms with van der Waals surface area (Å²) in [6.45, 7) is 2.05. The Morgan fingerprint density at radius 2 is 2.05 bits per heavy atom. The van der Waals surface area contributed by atoms with E-state index in [2.05, 4.69) is 15.9 Å². The van der Waals surface area contributed by atoms with E-state index >= 15 is 0 Å². The molecule has 112 valence electrons. The highest BCUT2D eigenvalue weighted by Gasteiger charge is 2.42. The molecule has 1 aliphatic heterocycles. The molecule has 1 heterocycles. The number of hydrogen-bond acceptors (Lipinski definition) is 4. The molecule has 1 aliphatic rings. The number of halogens is 1. The van der Waals surface area contributed by atoms with Crippen molar-refractivity contribution in [3.05, 3.63) is 28.7 Å². The van der Waals surface area contributed by atoms with E-state index in [-0.39, 0.29) is 30.7 Å². The van der Waals surface area contributed by atoms with Crippen LogP contribution in [-0.2, 0) is 19.1 Å². The monoisotopic (exact) mass is 355 g/mol. The molecule has 0 radical (unpaired) electrons. The minimum atomic E-state index is -0.564. The fourth-order valence-electron chi connectivity index (χ4n) is 2.16. The van der Waals surface area contributed by atoms with Crippen molar-refractivity contribution in [3.8, 4) is 0 Å². The van der Waals surface area contributed by atoms with Crippen LogP contribution in [0, 0.1) is 0 Å². The lowest BCUT2D eigenvalue weighted by molar-refractivity contribution is -0.665. The first kappa shape index (κ1) is 15.7. The largest absolute Gasteiger partial charge is 0.462 e. The van der Waals surface area contributed by atoms with Crippen LogP contribution in [0.25, 0.3) is 0 Å². The second kappa shape index (κ2) is 6.82. The van der Waals surface area contributed by atoms with E-state index in [1.165, 1.54) is 4.90 Å². The number of carbonyl (C=O) groups excluding carboxylic acids is 3. The number of rotatable bonds is 5. The van der Waals surface area contributed by atoms with E-state index in [1.807, 2.05) is 0 Å². The second-order valence-corrected chi connectivity index (χ2v) is 5.51. The quantitative estimate of drug-likeness (QED) is 0.604. The predicted molar refractivity (Wildman–Crippen MR) is 78.5 cm³/mol. The van der Waals surface area contributed by atoms with E-state index in [1.54, 1.807) is 36.5 Å². The summed E-state index contributed by atoms with van der Waals surface area (Å²) in [6, 6.07) is 6.38. The first-order chi connectivity index (χ1) is 10.0. The Morgan fingerprint density at radius 3 is 2.67 bits per heavy atom. The molecule has 1 aromatic rings. The summed E-state index contributed by atoms with van der Waals surface area (Å²) >= 11 is 3.31. The number of nitrogens with two attached hydrogens (primary N) is 1. The van der Waals surface area contributed by atoms with Crippen LogP contribution >= 0.6 is 15.9 Å². The van der Waals surface area contributed by atoms with Crippen molar-refractivity contribution < 1.29 is 24.4 Å². The number of hydrogen-bond donors (Lipinski definition) is 1. The number of benzene rings is 1. The Labute approximate surface area is 130 Å². The van der Waals surface area contributed by atoms with E-state index in [4.69, 9.17) is 4.74 Å². The molecule has 0 aliphatic carbocycles. The second-order valence-electron chi connectivity index (χ2n) is 4.60. The summed E-state index contributed by atoms with van der Waals surface area (Å²) in [7, 11) is 0. The van der Waals surface area contributed by atoms with Gasteiger partial charge in [-0.1, -0.05) is 15.9 Å². The lowest BCUT2D eigenvalue weighted by Gasteiger charge is -2.14. The lowest BCUT2D eigenvalue weighted by Crippen LogP contribution is -2.93. The molecule has 1 fully saturated rings. The number of anilines is 1. The average Bonchev–Trinajstić information content (AvgIpc) is 2.73. The third kappa shape index (κ3) is 3.68. The Kier molecular flexibility index (Phi) is 5.08. The topological polar surface area (TPSA) is 80.3 Å². The van der Waals surface area contributed by atoms with Gasteiger partial charge in [0, 0.05) is 4.47 Å². The van der Waals surface area contributed by atoms with E-state index < -0.39 is 6.04 Å². The molecule has 2 N–H and O–H groups in total. The number of nitrogens with zero attached hydrogens (tertiary/aromatic N) is 1. The number of carbonyl (C=O) groups is 3. The zero-order chi connectivity index (χ0) is 15.4. The number of ether oxygens (including phenoxy) is 1. The molecule has 7 heteroatoms. The van der Waals surface area contributed by atoms with Gasteiger partial charge in [0.2, 0.25) is 5.91 Å². The van der Waals surface area contributed by atoms with Crippen molar-refractivity contribution in [2.24, 2.45) is 0 Å². The first-order valence-corrected chi connectivity index (χ1v) is 7.43. The summed E-state index contributed by atoms with van der Waals surface area (Å²) < 4.78 is 5.67. The molecular formula is C14H16BrN2O4+. The highest BCUT2D eigenvalue weighted by molar-refractivity contribution is 9.10. The fourth-order valence-corrected chi connectivity index (χ4v) is 2.42. The third-order valence-corrected chi connectivity index (χ3v) is 3.67. The SMILES string of the molecule is CCOC(=O)C[NH2+][C@@H]1CC(=O)N(c2ccc(Br)cc2)C1=O. The Morgan fingerprint density at radius 1 is 1.38 bits per heavy atom. The van der Waals surface area contributed by atoms with E-state index in [0.29, 0.717) is 12.3 Å². The molecule has 2 rings (SSSR count). The van der Waals surface area contributed by atoms with Gasteiger partial charge in [0.25, 0.3) is 5.91 Å². The summed E-state index contributed by atoms with van der Waals surface area (Å²) in [5, 5.41) is 1.55. The van der Waals surface area contributed by atoms with Gasteiger partial charge in [-0.3, -0.25) is 9.59 Å². The van der Waals surface area contributed by atoms with Crippen molar-refractivity contribution >= 4 is 39.4 Å².